The number of hydrogen-bond donors (Lipinski definition) is 0. The van der Waals surface area contributed by atoms with Crippen LogP contribution in [0.4, 0.5) is 0 Å². The van der Waals surface area contributed by atoms with Crippen LogP contribution in [0.3, 0.4) is 0 Å². The Kier molecular flexibility index (Phi) is 11.1. The van der Waals surface area contributed by atoms with Gasteiger partial charge in [-0.1, -0.05) is 63.8 Å². The molecule has 1 aromatic carbocycles. The smallest absolute Gasteiger partial charge is 0.00187 e. The van der Waals surface area contributed by atoms with E-state index in [1.54, 1.807) is 0 Å². The van der Waals surface area contributed by atoms with Gasteiger partial charge >= 0.3 is 0 Å². The molecule has 0 amide bonds. The first-order valence-corrected chi connectivity index (χ1v) is 9.54. The first-order valence-electron chi connectivity index (χ1n) is 9.54. The fraction of sp³-hybridized carbons (Fsp3) is 0.714. The first kappa shape index (κ1) is 19.2. The number of rotatable bonds is 13. The average Bonchev–Trinajstić information content (AvgIpc) is 2.52. The van der Waals surface area contributed by atoms with Crippen LogP contribution < -0.4 is 0 Å². The van der Waals surface area contributed by atoms with Crippen molar-refractivity contribution >= 4 is 0 Å². The predicted molar refractivity (Wildman–Crippen MR) is 99.6 cm³/mol. The fourth-order valence-corrected chi connectivity index (χ4v) is 3.22. The van der Waals surface area contributed by atoms with E-state index in [0.29, 0.717) is 0 Å². The highest BCUT2D eigenvalue weighted by molar-refractivity contribution is 5.25. The molecule has 0 saturated carbocycles. The van der Waals surface area contributed by atoms with Gasteiger partial charge in [0.15, 0.2) is 0 Å². The summed E-state index contributed by atoms with van der Waals surface area (Å²) in [5.41, 5.74) is 2.99. The summed E-state index contributed by atoms with van der Waals surface area (Å²) in [7, 11) is 0. The van der Waals surface area contributed by atoms with Crippen LogP contribution in [0, 0.1) is 6.92 Å². The van der Waals surface area contributed by atoms with Gasteiger partial charge in [-0.25, -0.2) is 0 Å². The summed E-state index contributed by atoms with van der Waals surface area (Å²) in [6.07, 6.45) is 12.2. The highest BCUT2D eigenvalue weighted by Crippen LogP contribution is 2.13. The number of aryl methyl sites for hydroxylation is 2. The second-order valence-electron chi connectivity index (χ2n) is 6.64. The highest BCUT2D eigenvalue weighted by atomic mass is 15.1. The third-order valence-corrected chi connectivity index (χ3v) is 4.51. The van der Waals surface area contributed by atoms with Crippen molar-refractivity contribution in [3.8, 4) is 0 Å². The van der Waals surface area contributed by atoms with Crippen molar-refractivity contribution in [1.29, 1.82) is 0 Å². The van der Waals surface area contributed by atoms with Gasteiger partial charge in [0.1, 0.15) is 0 Å². The minimum atomic E-state index is 1.26. The van der Waals surface area contributed by atoms with Gasteiger partial charge in [0.25, 0.3) is 0 Å². The number of hydrogen-bond acceptors (Lipinski definition) is 1. The third-order valence-electron chi connectivity index (χ3n) is 4.51. The molecular formula is C21H37N. The molecular weight excluding hydrogens is 266 g/mol. The van der Waals surface area contributed by atoms with Gasteiger partial charge in [-0.15, -0.1) is 0 Å². The topological polar surface area (TPSA) is 3.24 Å². The molecule has 0 aromatic heterocycles. The van der Waals surface area contributed by atoms with Crippen molar-refractivity contribution in [3.05, 3.63) is 35.4 Å². The zero-order valence-corrected chi connectivity index (χ0v) is 15.2. The maximum Gasteiger partial charge on any atom is -0.00187 e. The Balaban J connectivity index is 1.98. The Bertz CT molecular complexity index is 366. The highest BCUT2D eigenvalue weighted by Gasteiger charge is 2.02. The zero-order chi connectivity index (χ0) is 16.0. The van der Waals surface area contributed by atoms with Gasteiger partial charge in [0.05, 0.1) is 0 Å². The van der Waals surface area contributed by atoms with Crippen LogP contribution in [-0.4, -0.2) is 24.5 Å². The van der Waals surface area contributed by atoms with Gasteiger partial charge in [0.2, 0.25) is 0 Å². The molecule has 126 valence electrons. The Labute approximate surface area is 139 Å². The summed E-state index contributed by atoms with van der Waals surface area (Å²) in [6.45, 7) is 10.7. The summed E-state index contributed by atoms with van der Waals surface area (Å²) in [4.78, 5) is 2.64. The van der Waals surface area contributed by atoms with Crippen molar-refractivity contribution in [2.45, 2.75) is 78.6 Å². The molecule has 0 aliphatic rings. The molecule has 0 saturated heterocycles. The second-order valence-corrected chi connectivity index (χ2v) is 6.64. The molecule has 0 spiro atoms. The Morgan fingerprint density at radius 2 is 1.32 bits per heavy atom. The molecule has 0 aliphatic carbocycles. The van der Waals surface area contributed by atoms with Crippen LogP contribution in [-0.2, 0) is 6.42 Å². The van der Waals surface area contributed by atoms with E-state index in [-0.39, 0.29) is 0 Å². The van der Waals surface area contributed by atoms with E-state index in [2.05, 4.69) is 49.9 Å². The van der Waals surface area contributed by atoms with Crippen LogP contribution in [0.5, 0.6) is 0 Å². The van der Waals surface area contributed by atoms with Crippen molar-refractivity contribution in [3.63, 3.8) is 0 Å². The van der Waals surface area contributed by atoms with Crippen molar-refractivity contribution in [2.24, 2.45) is 0 Å². The number of benzene rings is 1. The van der Waals surface area contributed by atoms with Gasteiger partial charge in [-0.05, 0) is 69.8 Å². The summed E-state index contributed by atoms with van der Waals surface area (Å²) in [6, 6.07) is 8.82. The minimum absolute atomic E-state index is 1.26. The summed E-state index contributed by atoms with van der Waals surface area (Å²) in [5, 5.41) is 0. The molecule has 0 bridgehead atoms. The molecule has 1 heteroatoms. The summed E-state index contributed by atoms with van der Waals surface area (Å²) >= 11 is 0. The molecule has 1 rings (SSSR count). The lowest BCUT2D eigenvalue weighted by molar-refractivity contribution is 0.267. The fourth-order valence-electron chi connectivity index (χ4n) is 3.22. The quantitative estimate of drug-likeness (QED) is 0.404. The van der Waals surface area contributed by atoms with Crippen LogP contribution in [0.1, 0.15) is 76.3 Å². The van der Waals surface area contributed by atoms with Gasteiger partial charge in [-0.2, -0.15) is 0 Å². The second kappa shape index (κ2) is 12.7. The maximum absolute atomic E-state index is 2.64. The van der Waals surface area contributed by atoms with Crippen LogP contribution in [0.15, 0.2) is 24.3 Å². The van der Waals surface area contributed by atoms with E-state index < -0.39 is 0 Å². The van der Waals surface area contributed by atoms with Crippen LogP contribution >= 0.6 is 0 Å². The normalized spacial score (nSPS) is 11.3. The largest absolute Gasteiger partial charge is 0.303 e. The molecule has 0 radical (unpaired) electrons. The molecule has 0 heterocycles. The van der Waals surface area contributed by atoms with E-state index in [4.69, 9.17) is 0 Å². The SMILES string of the molecule is CCCN(CCC)CCCCCCCCc1ccccc1C. The Morgan fingerprint density at radius 3 is 1.95 bits per heavy atom. The molecule has 0 aliphatic heterocycles. The molecule has 1 aromatic rings. The minimum Gasteiger partial charge on any atom is -0.303 e. The van der Waals surface area contributed by atoms with E-state index >= 15 is 0 Å². The molecule has 22 heavy (non-hydrogen) atoms. The molecule has 1 nitrogen and oxygen atoms in total. The lowest BCUT2D eigenvalue weighted by Crippen LogP contribution is -2.26. The average molecular weight is 304 g/mol. The monoisotopic (exact) mass is 303 g/mol. The van der Waals surface area contributed by atoms with Gasteiger partial charge in [-0.3, -0.25) is 0 Å². The summed E-state index contributed by atoms with van der Waals surface area (Å²) < 4.78 is 0. The molecule has 0 N–H and O–H groups in total. The van der Waals surface area contributed by atoms with E-state index in [1.165, 1.54) is 88.5 Å². The predicted octanol–water partition coefficient (Wildman–Crippen LogP) is 6.00. The van der Waals surface area contributed by atoms with Gasteiger partial charge in [0, 0.05) is 0 Å². The van der Waals surface area contributed by atoms with E-state index in [9.17, 15) is 0 Å². The Morgan fingerprint density at radius 1 is 0.727 bits per heavy atom. The number of nitrogens with zero attached hydrogens (tertiary/aromatic N) is 1. The Hall–Kier alpha value is -0.820. The molecule has 0 atom stereocenters. The summed E-state index contributed by atoms with van der Waals surface area (Å²) in [5.74, 6) is 0. The lowest BCUT2D eigenvalue weighted by atomic mass is 10.0. The van der Waals surface area contributed by atoms with Gasteiger partial charge < -0.3 is 4.90 Å². The maximum atomic E-state index is 2.64. The van der Waals surface area contributed by atoms with E-state index in [1.807, 2.05) is 0 Å². The van der Waals surface area contributed by atoms with Crippen molar-refractivity contribution in [1.82, 2.24) is 4.90 Å². The lowest BCUT2D eigenvalue weighted by Gasteiger charge is -2.20. The molecule has 0 fully saturated rings. The third kappa shape index (κ3) is 8.58. The molecule has 0 unspecified atom stereocenters. The zero-order valence-electron chi connectivity index (χ0n) is 15.2. The van der Waals surface area contributed by atoms with E-state index in [0.717, 1.165) is 0 Å². The van der Waals surface area contributed by atoms with Crippen LogP contribution in [0.25, 0.3) is 0 Å². The first-order chi connectivity index (χ1) is 10.8. The number of unbranched alkanes of at least 4 members (excludes halogenated alkanes) is 5. The van der Waals surface area contributed by atoms with Crippen molar-refractivity contribution < 1.29 is 0 Å². The van der Waals surface area contributed by atoms with Crippen LogP contribution in [0.2, 0.25) is 0 Å². The van der Waals surface area contributed by atoms with Crippen molar-refractivity contribution in [2.75, 3.05) is 19.6 Å². The standard InChI is InChI=1S/C21H37N/c1-4-17-22(18-5-2)19-13-9-7-6-8-10-15-21-16-12-11-14-20(21)3/h11-12,14,16H,4-10,13,15,17-19H2,1-3H3.